The number of hydrogen-bond donors (Lipinski definition) is 0. The van der Waals surface area contributed by atoms with Crippen molar-refractivity contribution < 1.29 is 9.47 Å². The predicted octanol–water partition coefficient (Wildman–Crippen LogP) is 2.61. The van der Waals surface area contributed by atoms with Crippen molar-refractivity contribution in [1.82, 2.24) is 4.90 Å². The molecule has 1 aromatic rings. The highest BCUT2D eigenvalue weighted by atomic mass is 16.5. The van der Waals surface area contributed by atoms with Crippen LogP contribution in [0.5, 0.6) is 11.5 Å². The fraction of sp³-hybridized carbons (Fsp3) is 0.533. The minimum atomic E-state index is -0.272. The minimum Gasteiger partial charge on any atom is -0.497 e. The smallest absolute Gasteiger partial charge is 0.127 e. The van der Waals surface area contributed by atoms with Gasteiger partial charge in [-0.15, -0.1) is 0 Å². The fourth-order valence-electron chi connectivity index (χ4n) is 2.70. The second-order valence-electron chi connectivity index (χ2n) is 5.24. The van der Waals surface area contributed by atoms with Crippen molar-refractivity contribution in [3.8, 4) is 17.6 Å². The summed E-state index contributed by atoms with van der Waals surface area (Å²) in [7, 11) is 7.30. The van der Waals surface area contributed by atoms with Crippen LogP contribution in [0.15, 0.2) is 18.2 Å². The first-order valence-electron chi connectivity index (χ1n) is 6.37. The van der Waals surface area contributed by atoms with Crippen LogP contribution < -0.4 is 9.47 Å². The van der Waals surface area contributed by atoms with E-state index in [2.05, 4.69) is 11.0 Å². The topological polar surface area (TPSA) is 45.5 Å². The van der Waals surface area contributed by atoms with Gasteiger partial charge in [0.05, 0.1) is 31.7 Å². The van der Waals surface area contributed by atoms with Gasteiger partial charge in [0.25, 0.3) is 0 Å². The van der Waals surface area contributed by atoms with Crippen molar-refractivity contribution in [2.45, 2.75) is 18.9 Å². The molecule has 0 aromatic heterocycles. The van der Waals surface area contributed by atoms with Crippen molar-refractivity contribution >= 4 is 0 Å². The average molecular weight is 260 g/mol. The van der Waals surface area contributed by atoms with E-state index in [4.69, 9.17) is 9.47 Å². The van der Waals surface area contributed by atoms with Crippen LogP contribution in [0, 0.1) is 16.7 Å². The van der Waals surface area contributed by atoms with E-state index in [-0.39, 0.29) is 11.5 Å². The van der Waals surface area contributed by atoms with E-state index in [1.807, 2.05) is 32.3 Å². The molecule has 1 aliphatic carbocycles. The Labute approximate surface area is 114 Å². The molecule has 0 bridgehead atoms. The Hall–Kier alpha value is -1.73. The van der Waals surface area contributed by atoms with Crippen LogP contribution >= 0.6 is 0 Å². The molecule has 0 heterocycles. The third kappa shape index (κ3) is 2.39. The lowest BCUT2D eigenvalue weighted by Crippen LogP contribution is -2.28. The molecule has 1 aliphatic rings. The number of hydrogen-bond acceptors (Lipinski definition) is 4. The Kier molecular flexibility index (Phi) is 3.68. The Morgan fingerprint density at radius 2 is 1.95 bits per heavy atom. The van der Waals surface area contributed by atoms with Gasteiger partial charge in [0.15, 0.2) is 0 Å². The summed E-state index contributed by atoms with van der Waals surface area (Å²) < 4.78 is 10.7. The number of nitrogens with zero attached hydrogens (tertiary/aromatic N) is 2. The van der Waals surface area contributed by atoms with Crippen molar-refractivity contribution in [3.63, 3.8) is 0 Å². The maximum atomic E-state index is 9.46. The van der Waals surface area contributed by atoms with Gasteiger partial charge in [0.2, 0.25) is 0 Å². The molecule has 0 saturated heterocycles. The number of benzene rings is 1. The van der Waals surface area contributed by atoms with Gasteiger partial charge < -0.3 is 14.4 Å². The van der Waals surface area contributed by atoms with Crippen LogP contribution in [0.3, 0.4) is 0 Å². The van der Waals surface area contributed by atoms with Gasteiger partial charge in [0.1, 0.15) is 11.5 Å². The molecule has 0 radical (unpaired) electrons. The summed E-state index contributed by atoms with van der Waals surface area (Å²) in [6, 6.07) is 8.33. The summed E-state index contributed by atoms with van der Waals surface area (Å²) in [5.74, 6) is 1.54. The predicted molar refractivity (Wildman–Crippen MR) is 73.3 cm³/mol. The molecule has 1 unspecified atom stereocenters. The van der Waals surface area contributed by atoms with Gasteiger partial charge in [0, 0.05) is 11.6 Å². The van der Waals surface area contributed by atoms with Gasteiger partial charge in [-0.2, -0.15) is 5.26 Å². The molecule has 2 rings (SSSR count). The minimum absolute atomic E-state index is 0.0540. The summed E-state index contributed by atoms with van der Waals surface area (Å²) in [5.41, 5.74) is 0.776. The van der Waals surface area contributed by atoms with Crippen LogP contribution in [-0.2, 0) is 0 Å². The van der Waals surface area contributed by atoms with Gasteiger partial charge in [-0.1, -0.05) is 6.07 Å². The molecule has 1 fully saturated rings. The van der Waals surface area contributed by atoms with E-state index < -0.39 is 0 Å². The molecule has 19 heavy (non-hydrogen) atoms. The molecule has 0 amide bonds. The lowest BCUT2D eigenvalue weighted by atomic mass is 9.89. The van der Waals surface area contributed by atoms with Crippen molar-refractivity contribution in [2.24, 2.45) is 5.41 Å². The zero-order chi connectivity index (χ0) is 14.0. The largest absolute Gasteiger partial charge is 0.497 e. The van der Waals surface area contributed by atoms with Gasteiger partial charge in [-0.3, -0.25) is 0 Å². The molecule has 1 saturated carbocycles. The summed E-state index contributed by atoms with van der Waals surface area (Å²) in [5, 5.41) is 9.46. The van der Waals surface area contributed by atoms with Crippen molar-refractivity contribution in [3.05, 3.63) is 23.8 Å². The third-order valence-electron chi connectivity index (χ3n) is 3.79. The SMILES string of the molecule is COc1ccc(C(N(C)C)C2(C#N)CC2)c(OC)c1. The van der Waals surface area contributed by atoms with E-state index in [0.717, 1.165) is 29.9 Å². The monoisotopic (exact) mass is 260 g/mol. The average Bonchev–Trinajstić information content (AvgIpc) is 3.20. The Morgan fingerprint density at radius 1 is 1.26 bits per heavy atom. The Bertz CT molecular complexity index is 501. The Balaban J connectivity index is 2.46. The molecule has 0 N–H and O–H groups in total. The fourth-order valence-corrected chi connectivity index (χ4v) is 2.70. The summed E-state index contributed by atoms with van der Waals surface area (Å²) >= 11 is 0. The lowest BCUT2D eigenvalue weighted by Gasteiger charge is -2.30. The standard InChI is InChI=1S/C15H20N2O2/c1-17(2)14(15(10-16)7-8-15)12-6-5-11(18-3)9-13(12)19-4/h5-6,9,14H,7-8H2,1-4H3. The second kappa shape index (κ2) is 5.10. The molecule has 0 aliphatic heterocycles. The zero-order valence-electron chi connectivity index (χ0n) is 11.9. The second-order valence-corrected chi connectivity index (χ2v) is 5.24. The first-order chi connectivity index (χ1) is 9.07. The molecule has 4 heteroatoms. The summed E-state index contributed by atoms with van der Waals surface area (Å²) in [4.78, 5) is 2.10. The number of methoxy groups -OCH3 is 2. The van der Waals surface area contributed by atoms with Gasteiger partial charge in [-0.05, 0) is 33.0 Å². The zero-order valence-corrected chi connectivity index (χ0v) is 11.9. The number of rotatable bonds is 5. The van der Waals surface area contributed by atoms with Crippen LogP contribution in [0.25, 0.3) is 0 Å². The number of nitriles is 1. The molecule has 102 valence electrons. The molecular formula is C15H20N2O2. The highest BCUT2D eigenvalue weighted by molar-refractivity contribution is 5.45. The normalized spacial score (nSPS) is 17.7. The van der Waals surface area contributed by atoms with Crippen molar-refractivity contribution in [1.29, 1.82) is 5.26 Å². The van der Waals surface area contributed by atoms with E-state index in [0.29, 0.717) is 0 Å². The first-order valence-corrected chi connectivity index (χ1v) is 6.37. The summed E-state index contributed by atoms with van der Waals surface area (Å²) in [6.45, 7) is 0. The van der Waals surface area contributed by atoms with E-state index in [1.54, 1.807) is 14.2 Å². The molecule has 1 atom stereocenters. The maximum Gasteiger partial charge on any atom is 0.127 e. The molecular weight excluding hydrogens is 240 g/mol. The first kappa shape index (κ1) is 13.7. The molecule has 4 nitrogen and oxygen atoms in total. The van der Waals surface area contributed by atoms with Gasteiger partial charge in [-0.25, -0.2) is 0 Å². The van der Waals surface area contributed by atoms with E-state index in [1.165, 1.54) is 0 Å². The van der Waals surface area contributed by atoms with Crippen LogP contribution in [0.2, 0.25) is 0 Å². The highest BCUT2D eigenvalue weighted by Gasteiger charge is 2.52. The van der Waals surface area contributed by atoms with Crippen molar-refractivity contribution in [2.75, 3.05) is 28.3 Å². The molecule has 1 aromatic carbocycles. The maximum absolute atomic E-state index is 9.46. The van der Waals surface area contributed by atoms with Crippen LogP contribution in [0.4, 0.5) is 0 Å². The summed E-state index contributed by atoms with van der Waals surface area (Å²) in [6.07, 6.45) is 1.89. The Morgan fingerprint density at radius 3 is 2.37 bits per heavy atom. The van der Waals surface area contributed by atoms with Crippen LogP contribution in [0.1, 0.15) is 24.4 Å². The third-order valence-corrected chi connectivity index (χ3v) is 3.79. The quantitative estimate of drug-likeness (QED) is 0.816. The van der Waals surface area contributed by atoms with Crippen LogP contribution in [-0.4, -0.2) is 33.2 Å². The molecule has 0 spiro atoms. The lowest BCUT2D eigenvalue weighted by molar-refractivity contribution is 0.225. The highest BCUT2D eigenvalue weighted by Crippen LogP contribution is 2.57. The van der Waals surface area contributed by atoms with Gasteiger partial charge >= 0.3 is 0 Å². The van der Waals surface area contributed by atoms with E-state index >= 15 is 0 Å². The number of ether oxygens (including phenoxy) is 2. The van der Waals surface area contributed by atoms with E-state index in [9.17, 15) is 5.26 Å².